The number of aryl methyl sites for hydroxylation is 1. The van der Waals surface area contributed by atoms with Gasteiger partial charge in [0.2, 0.25) is 10.0 Å². The lowest BCUT2D eigenvalue weighted by Crippen LogP contribution is -2.48. The Balaban J connectivity index is 2.06. The largest absolute Gasteiger partial charge is 0.301 e. The molecule has 0 aromatic heterocycles. The summed E-state index contributed by atoms with van der Waals surface area (Å²) in [5.41, 5.74) is 0.791. The molecular formula is C15H23ClN2O2S. The third-order valence-corrected chi connectivity index (χ3v) is 6.25. The fourth-order valence-electron chi connectivity index (χ4n) is 2.50. The van der Waals surface area contributed by atoms with Gasteiger partial charge in [-0.05, 0) is 43.7 Å². The van der Waals surface area contributed by atoms with Crippen molar-refractivity contribution in [1.82, 2.24) is 9.21 Å². The molecule has 21 heavy (non-hydrogen) atoms. The number of hydrogen-bond acceptors (Lipinski definition) is 3. The Morgan fingerprint density at radius 3 is 2.43 bits per heavy atom. The van der Waals surface area contributed by atoms with Crippen molar-refractivity contribution in [3.63, 3.8) is 0 Å². The highest BCUT2D eigenvalue weighted by molar-refractivity contribution is 7.89. The molecule has 0 spiro atoms. The molecule has 0 unspecified atom stereocenters. The lowest BCUT2D eigenvalue weighted by Gasteiger charge is -2.34. The number of piperazine rings is 1. The molecule has 118 valence electrons. The first-order valence-corrected chi connectivity index (χ1v) is 9.25. The van der Waals surface area contributed by atoms with Gasteiger partial charge in [0.25, 0.3) is 0 Å². The van der Waals surface area contributed by atoms with Crippen molar-refractivity contribution in [2.75, 3.05) is 32.7 Å². The van der Waals surface area contributed by atoms with Crippen molar-refractivity contribution in [3.8, 4) is 0 Å². The summed E-state index contributed by atoms with van der Waals surface area (Å²) in [6, 6.07) is 4.90. The topological polar surface area (TPSA) is 40.6 Å². The third-order valence-electron chi connectivity index (χ3n) is 3.93. The summed E-state index contributed by atoms with van der Waals surface area (Å²) in [4.78, 5) is 2.68. The Morgan fingerprint density at radius 1 is 1.19 bits per heavy atom. The van der Waals surface area contributed by atoms with Gasteiger partial charge in [-0.1, -0.05) is 24.9 Å². The Bertz CT molecular complexity index is 581. The molecule has 2 rings (SSSR count). The number of hydrogen-bond donors (Lipinski definition) is 0. The first-order valence-electron chi connectivity index (χ1n) is 7.44. The molecule has 0 saturated carbocycles. The van der Waals surface area contributed by atoms with Crippen LogP contribution < -0.4 is 0 Å². The SMILES string of the molecule is CCCCN1CCN(S(=O)(=O)c2ccc(Cl)c(C)c2)CC1. The van der Waals surface area contributed by atoms with E-state index in [-0.39, 0.29) is 0 Å². The van der Waals surface area contributed by atoms with Crippen molar-refractivity contribution >= 4 is 21.6 Å². The van der Waals surface area contributed by atoms with Gasteiger partial charge in [-0.15, -0.1) is 0 Å². The molecule has 6 heteroatoms. The minimum Gasteiger partial charge on any atom is -0.301 e. The van der Waals surface area contributed by atoms with E-state index in [1.54, 1.807) is 22.5 Å². The zero-order chi connectivity index (χ0) is 15.5. The Hall–Kier alpha value is -0.620. The highest BCUT2D eigenvalue weighted by Gasteiger charge is 2.28. The van der Waals surface area contributed by atoms with Crippen LogP contribution in [-0.4, -0.2) is 50.3 Å². The Morgan fingerprint density at radius 2 is 1.86 bits per heavy atom. The number of benzene rings is 1. The van der Waals surface area contributed by atoms with Crippen LogP contribution in [0.3, 0.4) is 0 Å². The second-order valence-corrected chi connectivity index (χ2v) is 7.86. The van der Waals surface area contributed by atoms with E-state index in [9.17, 15) is 8.42 Å². The normalized spacial score (nSPS) is 18.0. The van der Waals surface area contributed by atoms with Gasteiger partial charge in [-0.25, -0.2) is 8.42 Å². The van der Waals surface area contributed by atoms with Crippen molar-refractivity contribution < 1.29 is 8.42 Å². The second kappa shape index (κ2) is 7.09. The number of unbranched alkanes of at least 4 members (excludes halogenated alkanes) is 1. The van der Waals surface area contributed by atoms with Crippen molar-refractivity contribution in [3.05, 3.63) is 28.8 Å². The molecule has 0 radical (unpaired) electrons. The van der Waals surface area contributed by atoms with Crippen LogP contribution in [0.5, 0.6) is 0 Å². The summed E-state index contributed by atoms with van der Waals surface area (Å²) in [5.74, 6) is 0. The molecule has 4 nitrogen and oxygen atoms in total. The molecule has 1 aromatic rings. The van der Waals surface area contributed by atoms with Gasteiger partial charge in [0.05, 0.1) is 4.90 Å². The lowest BCUT2D eigenvalue weighted by atomic mass is 10.2. The van der Waals surface area contributed by atoms with Crippen LogP contribution >= 0.6 is 11.6 Å². The Labute approximate surface area is 132 Å². The van der Waals surface area contributed by atoms with Crippen LogP contribution in [0.25, 0.3) is 0 Å². The fraction of sp³-hybridized carbons (Fsp3) is 0.600. The van der Waals surface area contributed by atoms with Gasteiger partial charge in [-0.3, -0.25) is 0 Å². The number of rotatable bonds is 5. The monoisotopic (exact) mass is 330 g/mol. The minimum absolute atomic E-state index is 0.339. The van der Waals surface area contributed by atoms with E-state index < -0.39 is 10.0 Å². The van der Waals surface area contributed by atoms with E-state index in [0.717, 1.165) is 25.2 Å². The molecule has 1 aliphatic rings. The summed E-state index contributed by atoms with van der Waals surface area (Å²) in [6.07, 6.45) is 2.34. The van der Waals surface area contributed by atoms with Gasteiger partial charge >= 0.3 is 0 Å². The average Bonchev–Trinajstić information content (AvgIpc) is 2.48. The number of halogens is 1. The van der Waals surface area contributed by atoms with E-state index in [0.29, 0.717) is 23.0 Å². The van der Waals surface area contributed by atoms with Crippen LogP contribution in [0.1, 0.15) is 25.3 Å². The van der Waals surface area contributed by atoms with Crippen molar-refractivity contribution in [1.29, 1.82) is 0 Å². The van der Waals surface area contributed by atoms with Gasteiger partial charge in [0.1, 0.15) is 0 Å². The molecule has 0 aliphatic carbocycles. The van der Waals surface area contributed by atoms with E-state index in [2.05, 4.69) is 11.8 Å². The molecule has 0 atom stereocenters. The highest BCUT2D eigenvalue weighted by atomic mass is 35.5. The van der Waals surface area contributed by atoms with E-state index in [4.69, 9.17) is 11.6 Å². The summed E-state index contributed by atoms with van der Waals surface area (Å²) >= 11 is 5.97. The molecule has 1 fully saturated rings. The molecule has 1 aromatic carbocycles. The number of sulfonamides is 1. The third kappa shape index (κ3) is 3.97. The molecule has 1 aliphatic heterocycles. The number of nitrogens with zero attached hydrogens (tertiary/aromatic N) is 2. The summed E-state index contributed by atoms with van der Waals surface area (Å²) in [5, 5.41) is 0.596. The van der Waals surface area contributed by atoms with Crippen LogP contribution in [0, 0.1) is 6.92 Å². The summed E-state index contributed by atoms with van der Waals surface area (Å²) in [6.45, 7) is 7.80. The molecule has 0 amide bonds. The quantitative estimate of drug-likeness (QED) is 0.833. The van der Waals surface area contributed by atoms with Gasteiger partial charge in [0, 0.05) is 31.2 Å². The standard InChI is InChI=1S/C15H23ClN2O2S/c1-3-4-7-17-8-10-18(11-9-17)21(19,20)14-5-6-15(16)13(2)12-14/h5-6,12H,3-4,7-11H2,1-2H3. The molecule has 0 bridgehead atoms. The van der Waals surface area contributed by atoms with E-state index in [1.807, 2.05) is 6.92 Å². The van der Waals surface area contributed by atoms with Crippen molar-refractivity contribution in [2.45, 2.75) is 31.6 Å². The predicted molar refractivity (Wildman–Crippen MR) is 86.3 cm³/mol. The zero-order valence-electron chi connectivity index (χ0n) is 12.7. The first-order chi connectivity index (χ1) is 9.95. The summed E-state index contributed by atoms with van der Waals surface area (Å²) in [7, 11) is -3.40. The minimum atomic E-state index is -3.40. The molecular weight excluding hydrogens is 308 g/mol. The van der Waals surface area contributed by atoms with Gasteiger partial charge in [-0.2, -0.15) is 4.31 Å². The summed E-state index contributed by atoms with van der Waals surface area (Å²) < 4.78 is 26.9. The first kappa shape index (κ1) is 16.7. The highest BCUT2D eigenvalue weighted by Crippen LogP contribution is 2.23. The lowest BCUT2D eigenvalue weighted by molar-refractivity contribution is 0.186. The van der Waals surface area contributed by atoms with E-state index in [1.165, 1.54) is 12.8 Å². The second-order valence-electron chi connectivity index (χ2n) is 5.51. The zero-order valence-corrected chi connectivity index (χ0v) is 14.3. The maximum Gasteiger partial charge on any atom is 0.243 e. The maximum absolute atomic E-state index is 12.6. The van der Waals surface area contributed by atoms with Gasteiger partial charge in [0.15, 0.2) is 0 Å². The van der Waals surface area contributed by atoms with E-state index >= 15 is 0 Å². The molecule has 1 heterocycles. The van der Waals surface area contributed by atoms with Crippen LogP contribution in [0.15, 0.2) is 23.1 Å². The van der Waals surface area contributed by atoms with Crippen molar-refractivity contribution in [2.24, 2.45) is 0 Å². The average molecular weight is 331 g/mol. The maximum atomic E-state index is 12.6. The van der Waals surface area contributed by atoms with Crippen LogP contribution in [0.2, 0.25) is 5.02 Å². The molecule has 0 N–H and O–H groups in total. The Kier molecular flexibility index (Phi) is 5.66. The van der Waals surface area contributed by atoms with Gasteiger partial charge < -0.3 is 4.90 Å². The predicted octanol–water partition coefficient (Wildman–Crippen LogP) is 2.75. The van der Waals surface area contributed by atoms with Crippen LogP contribution in [0.4, 0.5) is 0 Å². The smallest absolute Gasteiger partial charge is 0.243 e. The molecule has 1 saturated heterocycles. The van der Waals surface area contributed by atoms with Crippen LogP contribution in [-0.2, 0) is 10.0 Å². The fourth-order valence-corrected chi connectivity index (χ4v) is 4.13.